The molecule has 1 N–H and O–H groups in total. The van der Waals surface area contributed by atoms with Gasteiger partial charge in [0.2, 0.25) is 0 Å². The molecule has 0 aliphatic heterocycles. The predicted octanol–water partition coefficient (Wildman–Crippen LogP) is 3.02. The van der Waals surface area contributed by atoms with Crippen molar-refractivity contribution in [3.63, 3.8) is 0 Å². The minimum Gasteiger partial charge on any atom is -0.388 e. The molecule has 0 amide bonds. The van der Waals surface area contributed by atoms with Crippen molar-refractivity contribution in [2.45, 2.75) is 12.5 Å². The summed E-state index contributed by atoms with van der Waals surface area (Å²) in [5, 5.41) is 12.0. The molecule has 0 radical (unpaired) electrons. The Kier molecular flexibility index (Phi) is 3.71. The van der Waals surface area contributed by atoms with E-state index in [4.69, 9.17) is 0 Å². The molecule has 0 bridgehead atoms. The third-order valence-electron chi connectivity index (χ3n) is 2.12. The highest BCUT2D eigenvalue weighted by atomic mass is 127. The minimum absolute atomic E-state index is 0.422. The van der Waals surface area contributed by atoms with E-state index in [9.17, 15) is 5.11 Å². The summed E-state index contributed by atoms with van der Waals surface area (Å²) >= 11 is 3.91. The van der Waals surface area contributed by atoms with E-state index in [1.165, 1.54) is 2.88 Å². The molecular weight excluding hydrogens is 321 g/mol. The Morgan fingerprint density at radius 2 is 2.40 bits per heavy atom. The smallest absolute Gasteiger partial charge is 0.0839 e. The fourth-order valence-electron chi connectivity index (χ4n) is 1.36. The van der Waals surface area contributed by atoms with E-state index in [1.54, 1.807) is 23.7 Å². The Morgan fingerprint density at radius 1 is 1.53 bits per heavy atom. The number of halogens is 1. The summed E-state index contributed by atoms with van der Waals surface area (Å²) in [4.78, 5) is 4.03. The summed E-state index contributed by atoms with van der Waals surface area (Å²) in [6, 6.07) is 5.89. The third-order valence-corrected chi connectivity index (χ3v) is 3.93. The van der Waals surface area contributed by atoms with Crippen molar-refractivity contribution in [3.8, 4) is 0 Å². The van der Waals surface area contributed by atoms with Gasteiger partial charge in [-0.25, -0.2) is 0 Å². The van der Waals surface area contributed by atoms with Crippen LogP contribution in [0.3, 0.4) is 0 Å². The second-order valence-electron chi connectivity index (χ2n) is 3.27. The number of aliphatic hydroxyl groups excluding tert-OH is 1. The van der Waals surface area contributed by atoms with Crippen LogP contribution in [-0.4, -0.2) is 10.1 Å². The van der Waals surface area contributed by atoms with Crippen LogP contribution < -0.4 is 0 Å². The van der Waals surface area contributed by atoms with Crippen LogP contribution in [-0.2, 0) is 6.42 Å². The third kappa shape index (κ3) is 2.99. The van der Waals surface area contributed by atoms with Crippen LogP contribution in [0.4, 0.5) is 0 Å². The maximum atomic E-state index is 9.96. The number of thiophene rings is 1. The first-order chi connectivity index (χ1) is 7.25. The van der Waals surface area contributed by atoms with Crippen molar-refractivity contribution >= 4 is 33.9 Å². The lowest BCUT2D eigenvalue weighted by molar-refractivity contribution is 0.179. The van der Waals surface area contributed by atoms with E-state index in [-0.39, 0.29) is 0 Å². The van der Waals surface area contributed by atoms with Crippen molar-refractivity contribution in [1.82, 2.24) is 4.98 Å². The number of hydrogen-bond donors (Lipinski definition) is 1. The Labute approximate surface area is 106 Å². The lowest BCUT2D eigenvalue weighted by Crippen LogP contribution is -2.00. The van der Waals surface area contributed by atoms with Gasteiger partial charge in [0.05, 0.1) is 8.99 Å². The zero-order valence-corrected chi connectivity index (χ0v) is 10.9. The van der Waals surface area contributed by atoms with E-state index in [2.05, 4.69) is 27.6 Å². The number of nitrogens with zero attached hydrogens (tertiary/aromatic N) is 1. The zero-order valence-electron chi connectivity index (χ0n) is 7.93. The highest BCUT2D eigenvalue weighted by molar-refractivity contribution is 14.1. The molecule has 4 heteroatoms. The van der Waals surface area contributed by atoms with E-state index in [0.717, 1.165) is 11.1 Å². The number of hydrogen-bond acceptors (Lipinski definition) is 3. The lowest BCUT2D eigenvalue weighted by atomic mass is 10.1. The lowest BCUT2D eigenvalue weighted by Gasteiger charge is -2.07. The molecule has 15 heavy (non-hydrogen) atoms. The van der Waals surface area contributed by atoms with Crippen LogP contribution >= 0.6 is 33.9 Å². The first-order valence-electron chi connectivity index (χ1n) is 4.56. The van der Waals surface area contributed by atoms with E-state index >= 15 is 0 Å². The van der Waals surface area contributed by atoms with Gasteiger partial charge in [0, 0.05) is 18.8 Å². The standard InChI is InChI=1S/C11H10INOS/c12-11-5-9(7-15-11)10(14)4-8-2-1-3-13-6-8/h1-3,5-7,10,14H,4H2. The van der Waals surface area contributed by atoms with Gasteiger partial charge in [0.25, 0.3) is 0 Å². The van der Waals surface area contributed by atoms with Crippen LogP contribution in [0, 0.1) is 2.88 Å². The van der Waals surface area contributed by atoms with Gasteiger partial charge in [0.1, 0.15) is 0 Å². The molecule has 2 aromatic heterocycles. The Hall–Kier alpha value is -0.460. The molecule has 0 spiro atoms. The molecule has 1 unspecified atom stereocenters. The van der Waals surface area contributed by atoms with Crippen molar-refractivity contribution in [3.05, 3.63) is 50.0 Å². The van der Waals surface area contributed by atoms with Crippen LogP contribution in [0.1, 0.15) is 17.2 Å². The maximum absolute atomic E-state index is 9.96. The summed E-state index contributed by atoms with van der Waals surface area (Å²) in [5.74, 6) is 0. The van der Waals surface area contributed by atoms with Gasteiger partial charge in [-0.3, -0.25) is 4.98 Å². The molecule has 2 heterocycles. The van der Waals surface area contributed by atoms with E-state index < -0.39 is 6.10 Å². The quantitative estimate of drug-likeness (QED) is 0.877. The highest BCUT2D eigenvalue weighted by Gasteiger charge is 2.10. The summed E-state index contributed by atoms with van der Waals surface area (Å²) in [7, 11) is 0. The summed E-state index contributed by atoms with van der Waals surface area (Å²) < 4.78 is 1.20. The topological polar surface area (TPSA) is 33.1 Å². The van der Waals surface area contributed by atoms with E-state index in [0.29, 0.717) is 6.42 Å². The monoisotopic (exact) mass is 331 g/mol. The largest absolute Gasteiger partial charge is 0.388 e. The van der Waals surface area contributed by atoms with Crippen LogP contribution in [0.5, 0.6) is 0 Å². The van der Waals surface area contributed by atoms with Gasteiger partial charge < -0.3 is 5.11 Å². The van der Waals surface area contributed by atoms with Crippen LogP contribution in [0.25, 0.3) is 0 Å². The first-order valence-corrected chi connectivity index (χ1v) is 6.52. The molecular formula is C11H10INOS. The summed E-state index contributed by atoms with van der Waals surface area (Å²) in [6.07, 6.45) is 3.74. The van der Waals surface area contributed by atoms with Gasteiger partial charge in [-0.1, -0.05) is 6.07 Å². The van der Waals surface area contributed by atoms with Crippen LogP contribution in [0.2, 0.25) is 0 Å². The molecule has 0 aromatic carbocycles. The van der Waals surface area contributed by atoms with Crippen LogP contribution in [0.15, 0.2) is 36.0 Å². The number of aliphatic hydroxyl groups is 1. The van der Waals surface area contributed by atoms with Gasteiger partial charge >= 0.3 is 0 Å². The number of aromatic nitrogens is 1. The fourth-order valence-corrected chi connectivity index (χ4v) is 2.78. The molecule has 2 nitrogen and oxygen atoms in total. The number of rotatable bonds is 3. The average molecular weight is 331 g/mol. The van der Waals surface area contributed by atoms with Gasteiger partial charge in [-0.05, 0) is 51.2 Å². The maximum Gasteiger partial charge on any atom is 0.0839 e. The number of pyridine rings is 1. The molecule has 0 saturated carbocycles. The molecule has 1 atom stereocenters. The van der Waals surface area contributed by atoms with Crippen molar-refractivity contribution < 1.29 is 5.11 Å². The van der Waals surface area contributed by atoms with Crippen molar-refractivity contribution in [1.29, 1.82) is 0 Å². The minimum atomic E-state index is -0.422. The van der Waals surface area contributed by atoms with Gasteiger partial charge in [0.15, 0.2) is 0 Å². The molecule has 0 saturated heterocycles. The summed E-state index contributed by atoms with van der Waals surface area (Å²) in [5.41, 5.74) is 2.06. The first kappa shape index (κ1) is 11.0. The molecule has 0 aliphatic carbocycles. The predicted molar refractivity (Wildman–Crippen MR) is 69.9 cm³/mol. The second kappa shape index (κ2) is 5.05. The molecule has 2 aromatic rings. The van der Waals surface area contributed by atoms with Gasteiger partial charge in [-0.2, -0.15) is 0 Å². The SMILES string of the molecule is OC(Cc1cccnc1)c1csc(I)c1. The Morgan fingerprint density at radius 3 is 3.00 bits per heavy atom. The summed E-state index contributed by atoms with van der Waals surface area (Å²) in [6.45, 7) is 0. The van der Waals surface area contributed by atoms with Crippen molar-refractivity contribution in [2.75, 3.05) is 0 Å². The Balaban J connectivity index is 2.07. The van der Waals surface area contributed by atoms with Crippen molar-refractivity contribution in [2.24, 2.45) is 0 Å². The van der Waals surface area contributed by atoms with E-state index in [1.807, 2.05) is 23.6 Å². The fraction of sp³-hybridized carbons (Fsp3) is 0.182. The molecule has 2 rings (SSSR count). The zero-order chi connectivity index (χ0) is 10.7. The molecule has 0 fully saturated rings. The van der Waals surface area contributed by atoms with Gasteiger partial charge in [-0.15, -0.1) is 11.3 Å². The Bertz CT molecular complexity index is 429. The molecule has 0 aliphatic rings. The second-order valence-corrected chi connectivity index (χ2v) is 6.07. The average Bonchev–Trinajstić information content (AvgIpc) is 2.66. The normalized spacial score (nSPS) is 12.7. The molecule has 78 valence electrons. The highest BCUT2D eigenvalue weighted by Crippen LogP contribution is 2.24.